The quantitative estimate of drug-likeness (QED) is 0.571. The van der Waals surface area contributed by atoms with Crippen LogP contribution in [0.3, 0.4) is 0 Å². The van der Waals surface area contributed by atoms with Gasteiger partial charge in [-0.05, 0) is 17.7 Å². The Morgan fingerprint density at radius 1 is 1.44 bits per heavy atom. The lowest BCUT2D eigenvalue weighted by Crippen LogP contribution is -2.11. The number of esters is 1. The van der Waals surface area contributed by atoms with Crippen LogP contribution in [0.1, 0.15) is 11.1 Å². The number of hydrogen-bond acceptors (Lipinski definition) is 3. The number of benzene rings is 1. The van der Waals surface area contributed by atoms with Crippen molar-refractivity contribution in [2.24, 2.45) is 0 Å². The molecule has 0 fully saturated rings. The minimum atomic E-state index is -2.95. The Balaban J connectivity index is 3.19. The lowest BCUT2D eigenvalue weighted by atomic mass is 10.0. The molecule has 0 aliphatic rings. The van der Waals surface area contributed by atoms with E-state index >= 15 is 0 Å². The van der Waals surface area contributed by atoms with E-state index in [0.717, 1.165) is 0 Å². The highest BCUT2D eigenvalue weighted by molar-refractivity contribution is 9.10. The molecule has 7 heteroatoms. The monoisotopic (exact) mass is 386 g/mol. The van der Waals surface area contributed by atoms with E-state index in [1.165, 1.54) is 13.2 Å². The molecule has 0 unspecified atom stereocenters. The van der Waals surface area contributed by atoms with Gasteiger partial charge in [0.25, 0.3) is 0 Å². The Bertz CT molecular complexity index is 439. The van der Waals surface area contributed by atoms with Crippen molar-refractivity contribution in [1.82, 2.24) is 0 Å². The largest absolute Gasteiger partial charge is 0.469 e. The fourth-order valence-electron chi connectivity index (χ4n) is 1.40. The fraction of sp³-hybridized carbons (Fsp3) is 0.364. The number of hydrogen-bond donors (Lipinski definition) is 0. The van der Waals surface area contributed by atoms with Gasteiger partial charge in [-0.2, -0.15) is 8.78 Å². The highest BCUT2D eigenvalue weighted by atomic mass is 79.9. The minimum Gasteiger partial charge on any atom is -0.469 e. The number of methoxy groups -OCH3 is 1. The van der Waals surface area contributed by atoms with Gasteiger partial charge in [0.15, 0.2) is 0 Å². The van der Waals surface area contributed by atoms with E-state index in [2.05, 4.69) is 41.3 Å². The number of rotatable bonds is 5. The van der Waals surface area contributed by atoms with Crippen molar-refractivity contribution in [2.75, 3.05) is 7.11 Å². The number of carbonyl (C=O) groups is 1. The van der Waals surface area contributed by atoms with E-state index in [4.69, 9.17) is 0 Å². The molecule has 0 heterocycles. The summed E-state index contributed by atoms with van der Waals surface area (Å²) in [4.78, 5) is 11.3. The second-order valence-electron chi connectivity index (χ2n) is 3.31. The van der Waals surface area contributed by atoms with Crippen LogP contribution in [0, 0.1) is 0 Å². The van der Waals surface area contributed by atoms with Gasteiger partial charge in [0.05, 0.1) is 13.5 Å². The summed E-state index contributed by atoms with van der Waals surface area (Å²) < 4.78 is 34.2. The van der Waals surface area contributed by atoms with Crippen LogP contribution in [0.4, 0.5) is 8.78 Å². The SMILES string of the molecule is COC(=O)Cc1c(CBr)cc(Br)cc1OC(F)F. The van der Waals surface area contributed by atoms with Crippen molar-refractivity contribution in [2.45, 2.75) is 18.4 Å². The number of ether oxygens (including phenoxy) is 2. The van der Waals surface area contributed by atoms with Gasteiger partial charge in [-0.1, -0.05) is 31.9 Å². The van der Waals surface area contributed by atoms with Crippen LogP contribution in [0.15, 0.2) is 16.6 Å². The Morgan fingerprint density at radius 2 is 2.11 bits per heavy atom. The molecule has 1 aromatic rings. The highest BCUT2D eigenvalue weighted by Gasteiger charge is 2.17. The van der Waals surface area contributed by atoms with Gasteiger partial charge < -0.3 is 9.47 Å². The van der Waals surface area contributed by atoms with Crippen molar-refractivity contribution < 1.29 is 23.0 Å². The Hall–Kier alpha value is -0.690. The van der Waals surface area contributed by atoms with Gasteiger partial charge in [-0.25, -0.2) is 0 Å². The number of alkyl halides is 3. The third kappa shape index (κ3) is 4.20. The van der Waals surface area contributed by atoms with E-state index in [-0.39, 0.29) is 12.2 Å². The summed E-state index contributed by atoms with van der Waals surface area (Å²) in [7, 11) is 1.24. The van der Waals surface area contributed by atoms with Gasteiger partial charge in [-0.15, -0.1) is 0 Å². The Morgan fingerprint density at radius 3 is 2.61 bits per heavy atom. The lowest BCUT2D eigenvalue weighted by molar-refractivity contribution is -0.139. The summed E-state index contributed by atoms with van der Waals surface area (Å²) in [5.74, 6) is -0.544. The minimum absolute atomic E-state index is 0.0285. The standard InChI is InChI=1S/C11H10Br2F2O3/c1-17-10(16)4-8-6(5-12)2-7(13)3-9(8)18-11(14)15/h2-3,11H,4-5H2,1H3. The molecule has 0 amide bonds. The average Bonchev–Trinajstić information content (AvgIpc) is 2.30. The number of halogens is 4. The molecule has 1 rings (SSSR count). The first-order valence-electron chi connectivity index (χ1n) is 4.86. The van der Waals surface area contributed by atoms with Crippen LogP contribution in [-0.2, 0) is 21.3 Å². The zero-order valence-corrected chi connectivity index (χ0v) is 12.6. The van der Waals surface area contributed by atoms with Gasteiger partial charge in [0, 0.05) is 15.4 Å². The van der Waals surface area contributed by atoms with Gasteiger partial charge in [0.1, 0.15) is 5.75 Å². The third-order valence-electron chi connectivity index (χ3n) is 2.17. The molecule has 0 spiro atoms. The summed E-state index contributed by atoms with van der Waals surface area (Å²) in [5.41, 5.74) is 1.08. The molecule has 100 valence electrons. The molecule has 3 nitrogen and oxygen atoms in total. The summed E-state index contributed by atoms with van der Waals surface area (Å²) >= 11 is 6.44. The van der Waals surface area contributed by atoms with E-state index in [0.29, 0.717) is 20.9 Å². The normalized spacial score (nSPS) is 10.6. The first kappa shape index (κ1) is 15.4. The van der Waals surface area contributed by atoms with Crippen LogP contribution < -0.4 is 4.74 Å². The van der Waals surface area contributed by atoms with Crippen molar-refractivity contribution in [3.63, 3.8) is 0 Å². The summed E-state index contributed by atoms with van der Waals surface area (Å²) in [6.45, 7) is -2.95. The summed E-state index contributed by atoms with van der Waals surface area (Å²) in [6.07, 6.45) is -0.118. The van der Waals surface area contributed by atoms with Crippen molar-refractivity contribution in [1.29, 1.82) is 0 Å². The molecule has 0 atom stereocenters. The molecule has 1 aromatic carbocycles. The molecule has 0 aliphatic carbocycles. The summed E-state index contributed by atoms with van der Waals surface area (Å²) in [6, 6.07) is 3.13. The van der Waals surface area contributed by atoms with Crippen molar-refractivity contribution in [3.05, 3.63) is 27.7 Å². The summed E-state index contributed by atoms with van der Waals surface area (Å²) in [5, 5.41) is 0.415. The fourth-order valence-corrected chi connectivity index (χ4v) is 2.39. The van der Waals surface area contributed by atoms with Crippen molar-refractivity contribution >= 4 is 37.8 Å². The molecule has 0 aliphatic heterocycles. The first-order valence-corrected chi connectivity index (χ1v) is 6.78. The first-order chi connectivity index (χ1) is 8.47. The highest BCUT2D eigenvalue weighted by Crippen LogP contribution is 2.31. The van der Waals surface area contributed by atoms with E-state index in [1.807, 2.05) is 0 Å². The van der Waals surface area contributed by atoms with Crippen LogP contribution >= 0.6 is 31.9 Å². The lowest BCUT2D eigenvalue weighted by Gasteiger charge is -2.14. The maximum absolute atomic E-state index is 12.3. The zero-order valence-electron chi connectivity index (χ0n) is 9.38. The zero-order chi connectivity index (χ0) is 13.7. The number of carbonyl (C=O) groups excluding carboxylic acids is 1. The predicted molar refractivity (Wildman–Crippen MR) is 69.1 cm³/mol. The molecule has 0 bridgehead atoms. The smallest absolute Gasteiger partial charge is 0.387 e. The second-order valence-corrected chi connectivity index (χ2v) is 4.78. The third-order valence-corrected chi connectivity index (χ3v) is 3.24. The van der Waals surface area contributed by atoms with E-state index in [1.54, 1.807) is 6.07 Å². The maximum atomic E-state index is 12.3. The molecule has 0 saturated carbocycles. The van der Waals surface area contributed by atoms with Crippen LogP contribution in [0.2, 0.25) is 0 Å². The van der Waals surface area contributed by atoms with Gasteiger partial charge >= 0.3 is 12.6 Å². The molecule has 0 radical (unpaired) electrons. The van der Waals surface area contributed by atoms with Crippen molar-refractivity contribution in [3.8, 4) is 5.75 Å². The van der Waals surface area contributed by atoms with Crippen LogP contribution in [-0.4, -0.2) is 19.7 Å². The Labute approximate surface area is 120 Å². The maximum Gasteiger partial charge on any atom is 0.387 e. The molecule has 0 N–H and O–H groups in total. The molecule has 0 aromatic heterocycles. The second kappa shape index (κ2) is 7.04. The molecular weight excluding hydrogens is 378 g/mol. The molecule has 0 saturated heterocycles. The molecule has 18 heavy (non-hydrogen) atoms. The topological polar surface area (TPSA) is 35.5 Å². The average molecular weight is 388 g/mol. The van der Waals surface area contributed by atoms with E-state index in [9.17, 15) is 13.6 Å². The van der Waals surface area contributed by atoms with Crippen LogP contribution in [0.25, 0.3) is 0 Å². The van der Waals surface area contributed by atoms with Crippen LogP contribution in [0.5, 0.6) is 5.75 Å². The molecular formula is C11H10Br2F2O3. The van der Waals surface area contributed by atoms with Gasteiger partial charge in [-0.3, -0.25) is 4.79 Å². The Kier molecular flexibility index (Phi) is 6.01. The van der Waals surface area contributed by atoms with E-state index < -0.39 is 12.6 Å². The predicted octanol–water partition coefficient (Wildman–Crippen LogP) is 3.66. The van der Waals surface area contributed by atoms with Gasteiger partial charge in [0.2, 0.25) is 0 Å².